The molecule has 2 aromatic carbocycles. The van der Waals surface area contributed by atoms with Crippen LogP contribution in [0.2, 0.25) is 0 Å². The molecule has 1 heterocycles. The van der Waals surface area contributed by atoms with Gasteiger partial charge in [0.25, 0.3) is 10.0 Å². The number of sulfonamides is 1. The lowest BCUT2D eigenvalue weighted by Crippen LogP contribution is -2.38. The number of carbonyl (C=O) groups is 2. The Labute approximate surface area is 189 Å². The van der Waals surface area contributed by atoms with E-state index in [4.69, 9.17) is 0 Å². The number of methoxy groups -OCH3 is 1. The van der Waals surface area contributed by atoms with Crippen LogP contribution in [0.25, 0.3) is 0 Å². The van der Waals surface area contributed by atoms with Crippen LogP contribution in [0.3, 0.4) is 0 Å². The van der Waals surface area contributed by atoms with E-state index < -0.39 is 34.3 Å². The number of hydrogen-bond acceptors (Lipinski definition) is 6. The van der Waals surface area contributed by atoms with Crippen molar-refractivity contribution in [2.24, 2.45) is 0 Å². The Morgan fingerprint density at radius 1 is 1.09 bits per heavy atom. The molecule has 0 unspecified atom stereocenters. The molecule has 0 aliphatic heterocycles. The highest BCUT2D eigenvalue weighted by atomic mass is 32.2. The number of benzene rings is 2. The molecule has 0 spiro atoms. The zero-order valence-corrected chi connectivity index (χ0v) is 19.2. The van der Waals surface area contributed by atoms with E-state index in [2.05, 4.69) is 10.1 Å². The molecule has 3 aromatic rings. The lowest BCUT2D eigenvalue weighted by atomic mass is 10.2. The second-order valence-corrected chi connectivity index (χ2v) is 9.71. The van der Waals surface area contributed by atoms with Crippen LogP contribution in [0.1, 0.15) is 20.8 Å². The zero-order chi connectivity index (χ0) is 23.5. The SMILES string of the molecule is COC(=O)c1sccc1S(=O)(=O)N(CC(=O)Nc1ccc(C)c(F)c1)c1ccc(C)cc1. The number of thiophene rings is 1. The van der Waals surface area contributed by atoms with E-state index in [-0.39, 0.29) is 21.1 Å². The third kappa shape index (κ3) is 4.97. The highest BCUT2D eigenvalue weighted by molar-refractivity contribution is 7.93. The number of ether oxygens (including phenoxy) is 1. The van der Waals surface area contributed by atoms with Crippen LogP contribution in [-0.2, 0) is 19.6 Å². The van der Waals surface area contributed by atoms with E-state index in [0.29, 0.717) is 5.56 Å². The highest BCUT2D eigenvalue weighted by Gasteiger charge is 2.32. The Kier molecular flexibility index (Phi) is 6.95. The summed E-state index contributed by atoms with van der Waals surface area (Å²) in [6.45, 7) is 2.85. The van der Waals surface area contributed by atoms with Crippen molar-refractivity contribution in [1.82, 2.24) is 0 Å². The van der Waals surface area contributed by atoms with Crippen LogP contribution in [0, 0.1) is 19.7 Å². The van der Waals surface area contributed by atoms with Crippen LogP contribution >= 0.6 is 11.3 Å². The Hall–Kier alpha value is -3.24. The smallest absolute Gasteiger partial charge is 0.349 e. The van der Waals surface area contributed by atoms with Gasteiger partial charge in [-0.05, 0) is 55.1 Å². The predicted molar refractivity (Wildman–Crippen MR) is 121 cm³/mol. The molecule has 0 radical (unpaired) electrons. The van der Waals surface area contributed by atoms with Crippen LogP contribution in [0.15, 0.2) is 58.8 Å². The fourth-order valence-electron chi connectivity index (χ4n) is 2.89. The van der Waals surface area contributed by atoms with Crippen molar-refractivity contribution in [3.63, 3.8) is 0 Å². The van der Waals surface area contributed by atoms with Crippen molar-refractivity contribution in [2.45, 2.75) is 18.7 Å². The summed E-state index contributed by atoms with van der Waals surface area (Å²) >= 11 is 0.926. The fourth-order valence-corrected chi connectivity index (χ4v) is 5.62. The molecule has 32 heavy (non-hydrogen) atoms. The van der Waals surface area contributed by atoms with Crippen molar-refractivity contribution in [3.05, 3.63) is 75.7 Å². The fraction of sp³-hybridized carbons (Fsp3) is 0.182. The number of anilines is 2. The van der Waals surface area contributed by atoms with Crippen LogP contribution in [0.5, 0.6) is 0 Å². The van der Waals surface area contributed by atoms with Gasteiger partial charge in [0.1, 0.15) is 22.1 Å². The molecule has 0 aliphatic carbocycles. The molecule has 10 heteroatoms. The van der Waals surface area contributed by atoms with Gasteiger partial charge in [-0.15, -0.1) is 11.3 Å². The van der Waals surface area contributed by atoms with Gasteiger partial charge in [-0.3, -0.25) is 9.10 Å². The van der Waals surface area contributed by atoms with E-state index in [1.807, 2.05) is 6.92 Å². The first-order chi connectivity index (χ1) is 15.1. The molecule has 0 atom stereocenters. The van der Waals surface area contributed by atoms with Gasteiger partial charge < -0.3 is 10.1 Å². The summed E-state index contributed by atoms with van der Waals surface area (Å²) in [5.74, 6) is -1.96. The number of carbonyl (C=O) groups excluding carboxylic acids is 2. The van der Waals surface area contributed by atoms with E-state index >= 15 is 0 Å². The van der Waals surface area contributed by atoms with E-state index in [9.17, 15) is 22.4 Å². The summed E-state index contributed by atoms with van der Waals surface area (Å²) in [6.07, 6.45) is 0. The number of aryl methyl sites for hydroxylation is 2. The summed E-state index contributed by atoms with van der Waals surface area (Å²) in [5.41, 5.74) is 1.75. The van der Waals surface area contributed by atoms with Crippen molar-refractivity contribution < 1.29 is 27.1 Å². The van der Waals surface area contributed by atoms with E-state index in [1.165, 1.54) is 23.6 Å². The predicted octanol–water partition coefficient (Wildman–Crippen LogP) is 4.12. The first kappa shape index (κ1) is 23.4. The first-order valence-corrected chi connectivity index (χ1v) is 11.8. The average Bonchev–Trinajstić information content (AvgIpc) is 3.26. The second kappa shape index (κ2) is 9.49. The summed E-state index contributed by atoms with van der Waals surface area (Å²) < 4.78 is 46.4. The third-order valence-corrected chi connectivity index (χ3v) is 7.47. The monoisotopic (exact) mass is 476 g/mol. The topological polar surface area (TPSA) is 92.8 Å². The Morgan fingerprint density at radius 3 is 2.41 bits per heavy atom. The Bertz CT molecular complexity index is 1250. The quantitative estimate of drug-likeness (QED) is 0.518. The number of halogens is 1. The Balaban J connectivity index is 1.98. The van der Waals surface area contributed by atoms with Gasteiger partial charge in [-0.25, -0.2) is 17.6 Å². The van der Waals surface area contributed by atoms with Crippen LogP contribution < -0.4 is 9.62 Å². The first-order valence-electron chi connectivity index (χ1n) is 9.44. The van der Waals surface area contributed by atoms with Gasteiger partial charge in [-0.2, -0.15) is 0 Å². The number of rotatable bonds is 7. The zero-order valence-electron chi connectivity index (χ0n) is 17.6. The molecule has 1 amide bonds. The van der Waals surface area contributed by atoms with E-state index in [1.54, 1.807) is 31.2 Å². The third-order valence-electron chi connectivity index (χ3n) is 4.63. The molecule has 3 rings (SSSR count). The molecule has 0 bridgehead atoms. The normalized spacial score (nSPS) is 11.1. The van der Waals surface area contributed by atoms with Gasteiger partial charge in [0, 0.05) is 5.69 Å². The number of esters is 1. The highest BCUT2D eigenvalue weighted by Crippen LogP contribution is 2.29. The number of amides is 1. The summed E-state index contributed by atoms with van der Waals surface area (Å²) in [5, 5.41) is 3.97. The number of nitrogens with zero attached hydrogens (tertiary/aromatic N) is 1. The molecule has 0 saturated carbocycles. The molecule has 1 N–H and O–H groups in total. The number of hydrogen-bond donors (Lipinski definition) is 1. The van der Waals surface area contributed by atoms with Crippen molar-refractivity contribution >= 4 is 44.6 Å². The van der Waals surface area contributed by atoms with Crippen molar-refractivity contribution in [2.75, 3.05) is 23.3 Å². The Morgan fingerprint density at radius 2 is 1.78 bits per heavy atom. The number of nitrogens with one attached hydrogen (secondary N) is 1. The minimum absolute atomic E-state index is 0.0920. The lowest BCUT2D eigenvalue weighted by molar-refractivity contribution is -0.114. The largest absolute Gasteiger partial charge is 0.465 e. The van der Waals surface area contributed by atoms with Gasteiger partial charge in [0.2, 0.25) is 5.91 Å². The maximum atomic E-state index is 13.8. The van der Waals surface area contributed by atoms with Gasteiger partial charge in [-0.1, -0.05) is 23.8 Å². The molecule has 0 fully saturated rings. The maximum absolute atomic E-state index is 13.8. The van der Waals surface area contributed by atoms with Gasteiger partial charge >= 0.3 is 5.97 Å². The summed E-state index contributed by atoms with van der Waals surface area (Å²) in [6, 6.07) is 12.0. The van der Waals surface area contributed by atoms with Gasteiger partial charge in [0.15, 0.2) is 0 Å². The van der Waals surface area contributed by atoms with Gasteiger partial charge in [0.05, 0.1) is 12.8 Å². The molecule has 168 valence electrons. The molecular weight excluding hydrogens is 455 g/mol. The van der Waals surface area contributed by atoms with E-state index in [0.717, 1.165) is 34.4 Å². The lowest BCUT2D eigenvalue weighted by Gasteiger charge is -2.24. The minimum atomic E-state index is -4.30. The second-order valence-electron chi connectivity index (χ2n) is 6.96. The molecule has 0 saturated heterocycles. The maximum Gasteiger partial charge on any atom is 0.349 e. The average molecular weight is 477 g/mol. The summed E-state index contributed by atoms with van der Waals surface area (Å²) in [4.78, 5) is 24.4. The molecular formula is C22H21FN2O5S2. The minimum Gasteiger partial charge on any atom is -0.465 e. The molecule has 7 nitrogen and oxygen atoms in total. The van der Waals surface area contributed by atoms with Crippen LogP contribution in [-0.4, -0.2) is 33.9 Å². The standard InChI is InChI=1S/C22H21FN2O5S2/c1-14-4-8-17(9-5-14)25(13-20(26)24-16-7-6-15(2)18(23)12-16)32(28,29)19-10-11-31-21(19)22(27)30-3/h4-12H,13H2,1-3H3,(H,24,26). The van der Waals surface area contributed by atoms with Crippen molar-refractivity contribution in [3.8, 4) is 0 Å². The van der Waals surface area contributed by atoms with Crippen molar-refractivity contribution in [1.29, 1.82) is 0 Å². The molecule has 0 aliphatic rings. The summed E-state index contributed by atoms with van der Waals surface area (Å²) in [7, 11) is -3.15. The van der Waals surface area contributed by atoms with Crippen LogP contribution in [0.4, 0.5) is 15.8 Å². The molecule has 1 aromatic heterocycles.